The normalized spacial score (nSPS) is 11.2. The minimum absolute atomic E-state index is 0.0578. The molecule has 0 aliphatic rings. The molecule has 0 bridgehead atoms. The van der Waals surface area contributed by atoms with Gasteiger partial charge in [0.15, 0.2) is 16.8 Å². The third-order valence-electron chi connectivity index (χ3n) is 3.27. The second kappa shape index (κ2) is 8.05. The van der Waals surface area contributed by atoms with Gasteiger partial charge in [-0.2, -0.15) is 8.78 Å². The second-order valence-electron chi connectivity index (χ2n) is 5.19. The van der Waals surface area contributed by atoms with Crippen molar-refractivity contribution in [3.05, 3.63) is 47.0 Å². The molecule has 1 heterocycles. The molecule has 0 saturated heterocycles. The van der Waals surface area contributed by atoms with Gasteiger partial charge in [0, 0.05) is 17.8 Å². The van der Waals surface area contributed by atoms with E-state index < -0.39 is 24.2 Å². The van der Waals surface area contributed by atoms with E-state index in [0.29, 0.717) is 16.4 Å². The van der Waals surface area contributed by atoms with Crippen molar-refractivity contribution >= 4 is 46.0 Å². The first-order chi connectivity index (χ1) is 12.8. The number of alkyl halides is 2. The first kappa shape index (κ1) is 19.3. The molecule has 3 rings (SSSR count). The van der Waals surface area contributed by atoms with Crippen molar-refractivity contribution in [3.63, 3.8) is 0 Å². The molecule has 0 unspecified atom stereocenters. The average Bonchev–Trinajstić information content (AvgIpc) is 2.97. The fourth-order valence-electron chi connectivity index (χ4n) is 2.15. The maximum absolute atomic E-state index is 13.2. The van der Waals surface area contributed by atoms with Crippen LogP contribution in [0.25, 0.3) is 11.0 Å². The summed E-state index contributed by atoms with van der Waals surface area (Å²) in [5, 5.41) is 2.76. The van der Waals surface area contributed by atoms with E-state index in [-0.39, 0.29) is 22.0 Å². The second-order valence-corrected chi connectivity index (χ2v) is 6.56. The molecule has 2 N–H and O–H groups in total. The number of thioether (sulfide) groups is 1. The van der Waals surface area contributed by atoms with Crippen LogP contribution in [0.1, 0.15) is 0 Å². The van der Waals surface area contributed by atoms with Crippen molar-refractivity contribution in [2.75, 3.05) is 11.1 Å². The standard InChI is InChI=1S/C16H10ClF4N3O2S/c17-8-3-7(1-2-13(8)26-15(20)21)22-14(25)6-27-16-23-11-4-9(18)10(19)5-12(11)24-16/h1-5,15H,6H2,(H,22,25)(H,23,24). The van der Waals surface area contributed by atoms with Gasteiger partial charge in [0.25, 0.3) is 0 Å². The van der Waals surface area contributed by atoms with Crippen molar-refractivity contribution in [2.45, 2.75) is 11.8 Å². The number of halogens is 5. The summed E-state index contributed by atoms with van der Waals surface area (Å²) in [6.45, 7) is -3.01. The average molecular weight is 420 g/mol. The highest BCUT2D eigenvalue weighted by Gasteiger charge is 2.12. The number of hydrogen-bond acceptors (Lipinski definition) is 4. The summed E-state index contributed by atoms with van der Waals surface area (Å²) in [4.78, 5) is 18.8. The fraction of sp³-hybridized carbons (Fsp3) is 0.125. The summed E-state index contributed by atoms with van der Waals surface area (Å²) in [7, 11) is 0. The van der Waals surface area contributed by atoms with E-state index in [2.05, 4.69) is 20.0 Å². The number of carbonyl (C=O) groups is 1. The molecule has 1 aromatic heterocycles. The number of imidazole rings is 1. The maximum Gasteiger partial charge on any atom is 0.387 e. The highest BCUT2D eigenvalue weighted by molar-refractivity contribution is 7.99. The van der Waals surface area contributed by atoms with Crippen LogP contribution in [0.2, 0.25) is 5.02 Å². The van der Waals surface area contributed by atoms with Gasteiger partial charge in [-0.05, 0) is 18.2 Å². The van der Waals surface area contributed by atoms with Gasteiger partial charge in [-0.15, -0.1) is 0 Å². The lowest BCUT2D eigenvalue weighted by Gasteiger charge is -2.09. The minimum atomic E-state index is -3.01. The zero-order valence-corrected chi connectivity index (χ0v) is 14.8. The number of amides is 1. The Morgan fingerprint density at radius 2 is 2.00 bits per heavy atom. The lowest BCUT2D eigenvalue weighted by atomic mass is 10.3. The number of rotatable bonds is 6. The quantitative estimate of drug-likeness (QED) is 0.444. The third kappa shape index (κ3) is 4.83. The molecule has 0 fully saturated rings. The van der Waals surface area contributed by atoms with E-state index in [1.165, 1.54) is 18.2 Å². The summed E-state index contributed by atoms with van der Waals surface area (Å²) in [5.41, 5.74) is 0.831. The number of aromatic amines is 1. The molecule has 3 aromatic rings. The summed E-state index contributed by atoms with van der Waals surface area (Å²) in [6.07, 6.45) is 0. The molecule has 0 aliphatic carbocycles. The van der Waals surface area contributed by atoms with Crippen LogP contribution in [-0.2, 0) is 4.79 Å². The highest BCUT2D eigenvalue weighted by Crippen LogP contribution is 2.29. The molecule has 27 heavy (non-hydrogen) atoms. The summed E-state index contributed by atoms with van der Waals surface area (Å²) in [5.74, 6) is -2.70. The van der Waals surface area contributed by atoms with Crippen LogP contribution in [0.4, 0.5) is 23.2 Å². The maximum atomic E-state index is 13.2. The first-order valence-corrected chi connectivity index (χ1v) is 8.70. The SMILES string of the molecule is O=C(CSc1nc2cc(F)c(F)cc2[nH]1)Nc1ccc(OC(F)F)c(Cl)c1. The molecule has 0 radical (unpaired) electrons. The molecule has 5 nitrogen and oxygen atoms in total. The van der Waals surface area contributed by atoms with Crippen molar-refractivity contribution in [1.82, 2.24) is 9.97 Å². The number of anilines is 1. The van der Waals surface area contributed by atoms with Gasteiger partial charge in [-0.3, -0.25) is 4.79 Å². The Morgan fingerprint density at radius 1 is 1.26 bits per heavy atom. The van der Waals surface area contributed by atoms with E-state index in [1.807, 2.05) is 0 Å². The van der Waals surface area contributed by atoms with Crippen LogP contribution in [0.15, 0.2) is 35.5 Å². The van der Waals surface area contributed by atoms with Crippen LogP contribution in [0.5, 0.6) is 5.75 Å². The summed E-state index contributed by atoms with van der Waals surface area (Å²) >= 11 is 6.83. The number of ether oxygens (including phenoxy) is 1. The Morgan fingerprint density at radius 3 is 2.70 bits per heavy atom. The number of nitrogens with one attached hydrogen (secondary N) is 2. The Hall–Kier alpha value is -2.46. The number of aromatic nitrogens is 2. The number of carbonyl (C=O) groups excluding carboxylic acids is 1. The molecule has 0 saturated carbocycles. The molecular weight excluding hydrogens is 410 g/mol. The molecular formula is C16H10ClF4N3O2S. The zero-order valence-electron chi connectivity index (χ0n) is 13.2. The van der Waals surface area contributed by atoms with E-state index in [0.717, 1.165) is 23.9 Å². The van der Waals surface area contributed by atoms with Crippen molar-refractivity contribution in [1.29, 1.82) is 0 Å². The van der Waals surface area contributed by atoms with Gasteiger partial charge in [0.2, 0.25) is 5.91 Å². The van der Waals surface area contributed by atoms with Gasteiger partial charge < -0.3 is 15.0 Å². The molecule has 142 valence electrons. The van der Waals surface area contributed by atoms with E-state index in [9.17, 15) is 22.4 Å². The Bertz CT molecular complexity index is 960. The summed E-state index contributed by atoms with van der Waals surface area (Å²) < 4.78 is 55.0. The predicted octanol–water partition coefficient (Wildman–Crippen LogP) is 4.83. The van der Waals surface area contributed by atoms with Gasteiger partial charge in [-0.25, -0.2) is 13.8 Å². The van der Waals surface area contributed by atoms with E-state index in [1.54, 1.807) is 0 Å². The fourth-order valence-corrected chi connectivity index (χ4v) is 3.06. The molecule has 1 amide bonds. The number of fused-ring (bicyclic) bond motifs is 1. The van der Waals surface area contributed by atoms with Crippen molar-refractivity contribution in [3.8, 4) is 5.75 Å². The lowest BCUT2D eigenvalue weighted by molar-refractivity contribution is -0.113. The van der Waals surface area contributed by atoms with Gasteiger partial charge in [0.1, 0.15) is 5.75 Å². The van der Waals surface area contributed by atoms with Crippen LogP contribution in [-0.4, -0.2) is 28.2 Å². The van der Waals surface area contributed by atoms with Crippen molar-refractivity contribution in [2.24, 2.45) is 0 Å². The molecule has 0 aliphatic heterocycles. The number of nitrogens with zero attached hydrogens (tertiary/aromatic N) is 1. The van der Waals surface area contributed by atoms with Crippen LogP contribution < -0.4 is 10.1 Å². The zero-order chi connectivity index (χ0) is 19.6. The number of hydrogen-bond donors (Lipinski definition) is 2. The molecule has 0 spiro atoms. The van der Waals surface area contributed by atoms with Gasteiger partial charge in [0.05, 0.1) is 21.8 Å². The highest BCUT2D eigenvalue weighted by atomic mass is 35.5. The van der Waals surface area contributed by atoms with Gasteiger partial charge >= 0.3 is 6.61 Å². The van der Waals surface area contributed by atoms with E-state index in [4.69, 9.17) is 11.6 Å². The lowest BCUT2D eigenvalue weighted by Crippen LogP contribution is -2.14. The Labute approximate surface area is 159 Å². The topological polar surface area (TPSA) is 67.0 Å². The van der Waals surface area contributed by atoms with Crippen LogP contribution in [0, 0.1) is 11.6 Å². The third-order valence-corrected chi connectivity index (χ3v) is 4.44. The summed E-state index contributed by atoms with van der Waals surface area (Å²) in [6, 6.07) is 5.77. The Kier molecular flexibility index (Phi) is 5.76. The Balaban J connectivity index is 1.60. The van der Waals surface area contributed by atoms with Crippen molar-refractivity contribution < 1.29 is 27.1 Å². The predicted molar refractivity (Wildman–Crippen MR) is 93.4 cm³/mol. The van der Waals surface area contributed by atoms with E-state index >= 15 is 0 Å². The number of H-pyrrole nitrogens is 1. The largest absolute Gasteiger partial charge is 0.433 e. The molecule has 2 aromatic carbocycles. The van der Waals surface area contributed by atoms with Crippen LogP contribution in [0.3, 0.4) is 0 Å². The monoisotopic (exact) mass is 419 g/mol. The van der Waals surface area contributed by atoms with Gasteiger partial charge in [-0.1, -0.05) is 23.4 Å². The first-order valence-electron chi connectivity index (χ1n) is 7.33. The minimum Gasteiger partial charge on any atom is -0.433 e. The number of benzene rings is 2. The van der Waals surface area contributed by atoms with Crippen LogP contribution >= 0.6 is 23.4 Å². The molecule has 0 atom stereocenters. The molecule has 11 heteroatoms. The smallest absolute Gasteiger partial charge is 0.387 e.